The lowest BCUT2D eigenvalue weighted by Gasteiger charge is -2.25. The molecule has 1 amide bonds. The molecule has 0 aromatic heterocycles. The lowest BCUT2D eigenvalue weighted by Crippen LogP contribution is -2.44. The van der Waals surface area contributed by atoms with Gasteiger partial charge >= 0.3 is 0 Å². The van der Waals surface area contributed by atoms with Crippen LogP contribution in [0.2, 0.25) is 0 Å². The molecular weight excluding hydrogens is 242 g/mol. The minimum Gasteiger partial charge on any atom is -0.497 e. The molecule has 0 saturated carbocycles. The van der Waals surface area contributed by atoms with Crippen molar-refractivity contribution < 1.29 is 14.6 Å². The second-order valence-electron chi connectivity index (χ2n) is 5.25. The summed E-state index contributed by atoms with van der Waals surface area (Å²) in [4.78, 5) is 11.8. The molecule has 4 nitrogen and oxygen atoms in total. The van der Waals surface area contributed by atoms with E-state index in [1.807, 2.05) is 38.1 Å². The van der Waals surface area contributed by atoms with Crippen LogP contribution >= 0.6 is 0 Å². The molecule has 1 rings (SSSR count). The van der Waals surface area contributed by atoms with Crippen LogP contribution in [0.15, 0.2) is 24.3 Å². The second-order valence-corrected chi connectivity index (χ2v) is 5.25. The summed E-state index contributed by atoms with van der Waals surface area (Å²) in [6.07, 6.45) is 1.70. The van der Waals surface area contributed by atoms with Gasteiger partial charge in [-0.25, -0.2) is 0 Å². The summed E-state index contributed by atoms with van der Waals surface area (Å²) in [6.45, 7) is 3.90. The van der Waals surface area contributed by atoms with Crippen LogP contribution in [-0.4, -0.2) is 30.3 Å². The molecule has 1 aromatic rings. The van der Waals surface area contributed by atoms with Crippen LogP contribution in [0.1, 0.15) is 32.3 Å². The highest BCUT2D eigenvalue weighted by atomic mass is 16.5. The Morgan fingerprint density at radius 1 is 1.32 bits per heavy atom. The molecule has 0 atom stereocenters. The number of ether oxygens (including phenoxy) is 1. The molecule has 4 heteroatoms. The summed E-state index contributed by atoms with van der Waals surface area (Å²) >= 11 is 0. The third-order valence-electron chi connectivity index (χ3n) is 3.01. The number of nitrogens with one attached hydrogen (secondary N) is 1. The van der Waals surface area contributed by atoms with Crippen molar-refractivity contribution in [3.05, 3.63) is 29.8 Å². The minimum atomic E-state index is -0.355. The number of aliphatic hydroxyl groups is 1. The van der Waals surface area contributed by atoms with Crippen LogP contribution in [0.5, 0.6) is 5.75 Å². The molecule has 106 valence electrons. The van der Waals surface area contributed by atoms with E-state index in [9.17, 15) is 4.79 Å². The van der Waals surface area contributed by atoms with Crippen LogP contribution in [0.25, 0.3) is 0 Å². The van der Waals surface area contributed by atoms with Crippen molar-refractivity contribution in [1.29, 1.82) is 0 Å². The van der Waals surface area contributed by atoms with Crippen molar-refractivity contribution in [2.75, 3.05) is 13.7 Å². The Kier molecular flexibility index (Phi) is 5.83. The van der Waals surface area contributed by atoms with Crippen molar-refractivity contribution in [3.63, 3.8) is 0 Å². The highest BCUT2D eigenvalue weighted by Gasteiger charge is 2.19. The van der Waals surface area contributed by atoms with Crippen LogP contribution in [0, 0.1) is 0 Å². The largest absolute Gasteiger partial charge is 0.497 e. The Balaban J connectivity index is 2.41. The van der Waals surface area contributed by atoms with Gasteiger partial charge in [-0.1, -0.05) is 12.1 Å². The first kappa shape index (κ1) is 15.5. The number of rotatable bonds is 7. The van der Waals surface area contributed by atoms with Crippen molar-refractivity contribution in [1.82, 2.24) is 5.32 Å². The van der Waals surface area contributed by atoms with Crippen molar-refractivity contribution in [2.45, 2.75) is 38.6 Å². The molecule has 0 aliphatic rings. The van der Waals surface area contributed by atoms with Gasteiger partial charge in [-0.05, 0) is 44.4 Å². The fourth-order valence-electron chi connectivity index (χ4n) is 1.83. The Hall–Kier alpha value is -1.55. The van der Waals surface area contributed by atoms with Crippen LogP contribution in [0.3, 0.4) is 0 Å². The predicted octanol–water partition coefficient (Wildman–Crippen LogP) is 1.90. The summed E-state index contributed by atoms with van der Waals surface area (Å²) in [5.41, 5.74) is 0.752. The molecular formula is C15H23NO3. The predicted molar refractivity (Wildman–Crippen MR) is 75.2 cm³/mol. The first-order chi connectivity index (χ1) is 8.96. The van der Waals surface area contributed by atoms with Gasteiger partial charge in [0.15, 0.2) is 0 Å². The molecule has 2 N–H and O–H groups in total. The van der Waals surface area contributed by atoms with Gasteiger partial charge in [0.05, 0.1) is 7.11 Å². The molecule has 19 heavy (non-hydrogen) atoms. The molecule has 0 saturated heterocycles. The van der Waals surface area contributed by atoms with Gasteiger partial charge in [0.25, 0.3) is 0 Å². The van der Waals surface area contributed by atoms with Gasteiger partial charge in [-0.3, -0.25) is 4.79 Å². The number of methoxy groups -OCH3 is 1. The van der Waals surface area contributed by atoms with E-state index in [0.717, 1.165) is 11.3 Å². The number of amides is 1. The molecule has 1 aromatic carbocycles. The zero-order valence-corrected chi connectivity index (χ0v) is 11.9. The first-order valence-electron chi connectivity index (χ1n) is 6.51. The van der Waals surface area contributed by atoms with E-state index in [1.54, 1.807) is 7.11 Å². The number of hydrogen-bond donors (Lipinski definition) is 2. The van der Waals surface area contributed by atoms with Gasteiger partial charge in [-0.2, -0.15) is 0 Å². The highest BCUT2D eigenvalue weighted by Crippen LogP contribution is 2.13. The molecule has 0 aliphatic heterocycles. The van der Waals surface area contributed by atoms with E-state index in [-0.39, 0.29) is 18.1 Å². The zero-order valence-electron chi connectivity index (χ0n) is 11.9. The quantitative estimate of drug-likeness (QED) is 0.791. The fraction of sp³-hybridized carbons (Fsp3) is 0.533. The van der Waals surface area contributed by atoms with E-state index in [1.165, 1.54) is 0 Å². The number of benzene rings is 1. The third kappa shape index (κ3) is 5.75. The smallest absolute Gasteiger partial charge is 0.220 e. The molecule has 0 bridgehead atoms. The average Bonchev–Trinajstić information content (AvgIpc) is 2.36. The lowest BCUT2D eigenvalue weighted by atomic mass is 10.0. The van der Waals surface area contributed by atoms with Crippen LogP contribution < -0.4 is 10.1 Å². The van der Waals surface area contributed by atoms with Gasteiger partial charge in [-0.15, -0.1) is 0 Å². The Bertz CT molecular complexity index is 398. The van der Waals surface area contributed by atoms with Crippen LogP contribution in [-0.2, 0) is 11.2 Å². The zero-order chi connectivity index (χ0) is 14.3. The maximum Gasteiger partial charge on any atom is 0.220 e. The Morgan fingerprint density at radius 2 is 1.95 bits per heavy atom. The molecule has 0 aliphatic carbocycles. The van der Waals surface area contributed by atoms with E-state index < -0.39 is 0 Å². The van der Waals surface area contributed by atoms with Crippen LogP contribution in [0.4, 0.5) is 0 Å². The van der Waals surface area contributed by atoms with Crippen molar-refractivity contribution in [2.24, 2.45) is 0 Å². The maximum atomic E-state index is 11.8. The minimum absolute atomic E-state index is 0.00858. The number of aryl methyl sites for hydroxylation is 1. The highest BCUT2D eigenvalue weighted by molar-refractivity contribution is 5.76. The molecule has 0 radical (unpaired) electrons. The normalized spacial score (nSPS) is 11.2. The van der Waals surface area contributed by atoms with Gasteiger partial charge in [0.2, 0.25) is 5.91 Å². The SMILES string of the molecule is COc1ccc(CCC(=O)NC(C)(C)CCO)cc1. The number of hydrogen-bond acceptors (Lipinski definition) is 3. The number of carbonyl (C=O) groups is 1. The number of carbonyl (C=O) groups excluding carboxylic acids is 1. The van der Waals surface area contributed by atoms with E-state index in [2.05, 4.69) is 5.32 Å². The summed E-state index contributed by atoms with van der Waals surface area (Å²) in [5, 5.41) is 11.8. The van der Waals surface area contributed by atoms with Gasteiger partial charge < -0.3 is 15.2 Å². The Morgan fingerprint density at radius 3 is 2.47 bits per heavy atom. The van der Waals surface area contributed by atoms with E-state index in [4.69, 9.17) is 9.84 Å². The number of aliphatic hydroxyl groups excluding tert-OH is 1. The van der Waals surface area contributed by atoms with E-state index in [0.29, 0.717) is 19.3 Å². The molecule has 0 spiro atoms. The van der Waals surface area contributed by atoms with Gasteiger partial charge in [0.1, 0.15) is 5.75 Å². The molecule has 0 heterocycles. The first-order valence-corrected chi connectivity index (χ1v) is 6.51. The molecule has 0 fully saturated rings. The van der Waals surface area contributed by atoms with E-state index >= 15 is 0 Å². The summed E-state index contributed by atoms with van der Waals surface area (Å²) in [7, 11) is 1.63. The molecule has 0 unspecified atom stereocenters. The lowest BCUT2D eigenvalue weighted by molar-refractivity contribution is -0.122. The summed E-state index contributed by atoms with van der Waals surface area (Å²) < 4.78 is 5.08. The van der Waals surface area contributed by atoms with Gasteiger partial charge in [0, 0.05) is 18.6 Å². The topological polar surface area (TPSA) is 58.6 Å². The standard InChI is InChI=1S/C15H23NO3/c1-15(2,10-11-17)16-14(18)9-6-12-4-7-13(19-3)8-5-12/h4-5,7-8,17H,6,9-11H2,1-3H3,(H,16,18). The maximum absolute atomic E-state index is 11.8. The third-order valence-corrected chi connectivity index (χ3v) is 3.01. The summed E-state index contributed by atoms with van der Waals surface area (Å²) in [6, 6.07) is 7.71. The summed E-state index contributed by atoms with van der Waals surface area (Å²) in [5.74, 6) is 0.826. The monoisotopic (exact) mass is 265 g/mol. The Labute approximate surface area is 114 Å². The fourth-order valence-corrected chi connectivity index (χ4v) is 1.83. The van der Waals surface area contributed by atoms with Crippen molar-refractivity contribution >= 4 is 5.91 Å². The van der Waals surface area contributed by atoms with Crippen molar-refractivity contribution in [3.8, 4) is 5.75 Å². The average molecular weight is 265 g/mol. The second kappa shape index (κ2) is 7.14.